The normalized spacial score (nSPS) is 18.1. The van der Waals surface area contributed by atoms with Crippen molar-refractivity contribution < 1.29 is 23.5 Å². The molecule has 0 spiro atoms. The maximum Gasteiger partial charge on any atom is 0.300 e. The van der Waals surface area contributed by atoms with Gasteiger partial charge in [0.25, 0.3) is 11.7 Å². The Balaban J connectivity index is 1.97. The first kappa shape index (κ1) is 23.8. The van der Waals surface area contributed by atoms with E-state index < -0.39 is 23.5 Å². The molecule has 1 aliphatic heterocycles. The molecule has 7 heteroatoms. The summed E-state index contributed by atoms with van der Waals surface area (Å²) < 4.78 is 19.6. The molecule has 176 valence electrons. The van der Waals surface area contributed by atoms with E-state index >= 15 is 0 Å². The first-order valence-corrected chi connectivity index (χ1v) is 11.2. The van der Waals surface area contributed by atoms with Crippen LogP contribution in [-0.2, 0) is 15.0 Å². The lowest BCUT2D eigenvalue weighted by Gasteiger charge is -2.24. The Hall–Kier alpha value is -3.38. The lowest BCUT2D eigenvalue weighted by Crippen LogP contribution is -2.29. The van der Waals surface area contributed by atoms with Gasteiger partial charge in [0.05, 0.1) is 10.6 Å². The summed E-state index contributed by atoms with van der Waals surface area (Å²) in [6.45, 7) is 9.70. The largest absolute Gasteiger partial charge is 0.507 e. The molecular formula is C27H25ClFNO4. The van der Waals surface area contributed by atoms with Crippen molar-refractivity contribution in [2.24, 2.45) is 0 Å². The van der Waals surface area contributed by atoms with Gasteiger partial charge in [0.1, 0.15) is 29.1 Å². The number of carbonyl (C=O) groups is 2. The van der Waals surface area contributed by atoms with Crippen LogP contribution in [-0.4, -0.2) is 16.8 Å². The Morgan fingerprint density at radius 3 is 2.35 bits per heavy atom. The summed E-state index contributed by atoms with van der Waals surface area (Å²) >= 11 is 5.97. The molecule has 2 aromatic carbocycles. The highest BCUT2D eigenvalue weighted by Crippen LogP contribution is 2.44. The molecule has 1 N–H and O–H groups in total. The molecule has 4 rings (SSSR count). The third kappa shape index (κ3) is 4.03. The molecule has 1 unspecified atom stereocenters. The van der Waals surface area contributed by atoms with Crippen LogP contribution < -0.4 is 4.90 Å². The van der Waals surface area contributed by atoms with Crippen LogP contribution in [0, 0.1) is 19.7 Å². The van der Waals surface area contributed by atoms with Gasteiger partial charge < -0.3 is 9.52 Å². The number of hydrogen-bond donors (Lipinski definition) is 1. The zero-order chi connectivity index (χ0) is 24.9. The maximum atomic E-state index is 13.8. The van der Waals surface area contributed by atoms with Gasteiger partial charge in [-0.05, 0) is 66.8 Å². The van der Waals surface area contributed by atoms with E-state index in [1.165, 1.54) is 17.0 Å². The van der Waals surface area contributed by atoms with Crippen LogP contribution in [0.5, 0.6) is 0 Å². The zero-order valence-corrected chi connectivity index (χ0v) is 20.3. The molecule has 0 bridgehead atoms. The Bertz CT molecular complexity index is 1350. The van der Waals surface area contributed by atoms with E-state index in [0.717, 1.165) is 17.2 Å². The number of ketones is 1. The smallest absolute Gasteiger partial charge is 0.300 e. The van der Waals surface area contributed by atoms with Gasteiger partial charge in [-0.2, -0.15) is 0 Å². The Kier molecular flexibility index (Phi) is 5.90. The Labute approximate surface area is 202 Å². The van der Waals surface area contributed by atoms with Gasteiger partial charge in [0, 0.05) is 11.3 Å². The van der Waals surface area contributed by atoms with Crippen LogP contribution in [0.1, 0.15) is 55.0 Å². The summed E-state index contributed by atoms with van der Waals surface area (Å²) in [7, 11) is 0. The number of halogens is 2. The highest BCUT2D eigenvalue weighted by Gasteiger charge is 2.48. The SMILES string of the molecule is Cc1ccc(C2/C(=C(\O)c3cc(C(C)(C)C)ccc3C)C(=O)C(=O)N2c2ccc(F)c(Cl)c2)o1. The molecule has 1 saturated heterocycles. The van der Waals surface area contributed by atoms with Crippen LogP contribution >= 0.6 is 11.6 Å². The number of furan rings is 1. The molecule has 2 heterocycles. The molecule has 1 amide bonds. The van der Waals surface area contributed by atoms with E-state index in [1.54, 1.807) is 19.1 Å². The number of anilines is 1. The molecule has 1 atom stereocenters. The molecule has 1 fully saturated rings. The molecule has 0 radical (unpaired) electrons. The number of benzene rings is 2. The third-order valence-electron chi connectivity index (χ3n) is 6.02. The minimum Gasteiger partial charge on any atom is -0.507 e. The van der Waals surface area contributed by atoms with E-state index in [-0.39, 0.29) is 27.5 Å². The van der Waals surface area contributed by atoms with Gasteiger partial charge >= 0.3 is 0 Å². The van der Waals surface area contributed by atoms with Gasteiger partial charge in [0.2, 0.25) is 0 Å². The van der Waals surface area contributed by atoms with Crippen molar-refractivity contribution in [1.82, 2.24) is 0 Å². The fraction of sp³-hybridized carbons (Fsp3) is 0.259. The number of carbonyl (C=O) groups excluding carboxylic acids is 2. The van der Waals surface area contributed by atoms with E-state index in [9.17, 15) is 19.1 Å². The standard InChI is InChI=1S/C27H25ClFNO4/c1-14-6-8-16(27(3,4)5)12-18(14)24(31)22-23(21-11-7-15(2)34-21)30(26(33)25(22)32)17-9-10-20(29)19(28)13-17/h6-13,23,31H,1-5H3/b24-22+. The van der Waals surface area contributed by atoms with E-state index in [2.05, 4.69) is 0 Å². The first-order valence-electron chi connectivity index (χ1n) is 10.8. The molecule has 5 nitrogen and oxygen atoms in total. The van der Waals surface area contributed by atoms with Crippen molar-refractivity contribution in [1.29, 1.82) is 0 Å². The van der Waals surface area contributed by atoms with Gasteiger partial charge in [-0.25, -0.2) is 4.39 Å². The van der Waals surface area contributed by atoms with Crippen LogP contribution in [0.15, 0.2) is 58.5 Å². The van der Waals surface area contributed by atoms with E-state index in [0.29, 0.717) is 17.1 Å². The lowest BCUT2D eigenvalue weighted by molar-refractivity contribution is -0.132. The van der Waals surface area contributed by atoms with Crippen LogP contribution in [0.3, 0.4) is 0 Å². The second-order valence-corrected chi connectivity index (χ2v) is 9.90. The highest BCUT2D eigenvalue weighted by atomic mass is 35.5. The number of amides is 1. The van der Waals surface area contributed by atoms with E-state index in [1.807, 2.05) is 45.9 Å². The average molecular weight is 482 g/mol. The van der Waals surface area contributed by atoms with Gasteiger partial charge in [-0.15, -0.1) is 0 Å². The number of Topliss-reactive ketones (excluding diaryl/α,β-unsaturated/α-hetero) is 1. The highest BCUT2D eigenvalue weighted by molar-refractivity contribution is 6.51. The molecule has 1 aromatic heterocycles. The molecular weight excluding hydrogens is 457 g/mol. The summed E-state index contributed by atoms with van der Waals surface area (Å²) in [6, 6.07) is 11.7. The predicted molar refractivity (Wildman–Crippen MR) is 130 cm³/mol. The van der Waals surface area contributed by atoms with Crippen molar-refractivity contribution in [2.75, 3.05) is 4.90 Å². The summed E-state index contributed by atoms with van der Waals surface area (Å²) in [5, 5.41) is 11.2. The molecule has 0 aliphatic carbocycles. The van der Waals surface area contributed by atoms with Crippen molar-refractivity contribution in [3.05, 3.63) is 93.2 Å². The topological polar surface area (TPSA) is 70.8 Å². The van der Waals surface area contributed by atoms with Crippen molar-refractivity contribution in [3.8, 4) is 0 Å². The summed E-state index contributed by atoms with van der Waals surface area (Å²) in [5.74, 6) is -1.81. The fourth-order valence-corrected chi connectivity index (χ4v) is 4.27. The number of hydrogen-bond acceptors (Lipinski definition) is 4. The quantitative estimate of drug-likeness (QED) is 0.259. The van der Waals surface area contributed by atoms with Gasteiger partial charge in [-0.3, -0.25) is 14.5 Å². The van der Waals surface area contributed by atoms with Gasteiger partial charge in [-0.1, -0.05) is 44.5 Å². The van der Waals surface area contributed by atoms with Crippen LogP contribution in [0.25, 0.3) is 5.76 Å². The Morgan fingerprint density at radius 2 is 1.76 bits per heavy atom. The number of aryl methyl sites for hydroxylation is 2. The fourth-order valence-electron chi connectivity index (χ4n) is 4.09. The minimum absolute atomic E-state index is 0.103. The first-order chi connectivity index (χ1) is 15.9. The third-order valence-corrected chi connectivity index (χ3v) is 6.30. The lowest BCUT2D eigenvalue weighted by atomic mass is 9.84. The second kappa shape index (κ2) is 8.44. The van der Waals surface area contributed by atoms with Crippen LogP contribution in [0.2, 0.25) is 5.02 Å². The summed E-state index contributed by atoms with van der Waals surface area (Å²) in [6.07, 6.45) is 0. The molecule has 1 aliphatic rings. The Morgan fingerprint density at radius 1 is 1.06 bits per heavy atom. The van der Waals surface area contributed by atoms with Gasteiger partial charge in [0.15, 0.2) is 0 Å². The average Bonchev–Trinajstić information content (AvgIpc) is 3.30. The number of rotatable bonds is 3. The zero-order valence-electron chi connectivity index (χ0n) is 19.6. The monoisotopic (exact) mass is 481 g/mol. The number of nitrogens with zero attached hydrogens (tertiary/aromatic N) is 1. The van der Waals surface area contributed by atoms with Crippen molar-refractivity contribution in [2.45, 2.75) is 46.1 Å². The summed E-state index contributed by atoms with van der Waals surface area (Å²) in [5.41, 5.74) is 2.08. The van der Waals surface area contributed by atoms with E-state index in [4.69, 9.17) is 16.0 Å². The minimum atomic E-state index is -1.05. The summed E-state index contributed by atoms with van der Waals surface area (Å²) in [4.78, 5) is 27.7. The molecule has 34 heavy (non-hydrogen) atoms. The van der Waals surface area contributed by atoms with Crippen LogP contribution in [0.4, 0.5) is 10.1 Å². The molecule has 3 aromatic rings. The number of aliphatic hydroxyl groups excluding tert-OH is 1. The maximum absolute atomic E-state index is 13.8. The molecule has 0 saturated carbocycles. The van der Waals surface area contributed by atoms with Crippen molar-refractivity contribution in [3.63, 3.8) is 0 Å². The second-order valence-electron chi connectivity index (χ2n) is 9.50. The van der Waals surface area contributed by atoms with Crippen molar-refractivity contribution >= 4 is 34.7 Å². The number of aliphatic hydroxyl groups is 1. The predicted octanol–water partition coefficient (Wildman–Crippen LogP) is 6.61.